The van der Waals surface area contributed by atoms with Crippen LogP contribution in [0.1, 0.15) is 24.8 Å². The first-order valence-electron chi connectivity index (χ1n) is 6.31. The molecular weight excluding hydrogens is 214 g/mol. The Kier molecular flexibility index (Phi) is 2.56. The standard InChI is InChI=1S/C13H19N3O/c14-12-7-10(3-5-15-12)8-13(17)4-6-16(9-13)11-1-2-11/h3,5,7,11,17H,1-2,4,6,8-9H2,(H2,14,15). The van der Waals surface area contributed by atoms with E-state index in [4.69, 9.17) is 5.73 Å². The normalized spacial score (nSPS) is 29.7. The molecule has 1 aliphatic carbocycles. The van der Waals surface area contributed by atoms with E-state index in [-0.39, 0.29) is 0 Å². The molecule has 17 heavy (non-hydrogen) atoms. The van der Waals surface area contributed by atoms with Crippen molar-refractivity contribution in [2.45, 2.75) is 37.3 Å². The quantitative estimate of drug-likeness (QED) is 0.811. The van der Waals surface area contributed by atoms with Gasteiger partial charge in [0.2, 0.25) is 0 Å². The maximum absolute atomic E-state index is 10.6. The molecule has 1 unspecified atom stereocenters. The van der Waals surface area contributed by atoms with Crippen molar-refractivity contribution in [1.29, 1.82) is 0 Å². The number of nitrogens with two attached hydrogens (primary N) is 1. The van der Waals surface area contributed by atoms with Gasteiger partial charge in [-0.3, -0.25) is 4.90 Å². The van der Waals surface area contributed by atoms with Crippen LogP contribution in [0.25, 0.3) is 0 Å². The van der Waals surface area contributed by atoms with Gasteiger partial charge in [-0.2, -0.15) is 0 Å². The van der Waals surface area contributed by atoms with Crippen LogP contribution in [0.3, 0.4) is 0 Å². The molecule has 1 aromatic rings. The molecule has 0 amide bonds. The van der Waals surface area contributed by atoms with Crippen LogP contribution >= 0.6 is 0 Å². The summed E-state index contributed by atoms with van der Waals surface area (Å²) in [6, 6.07) is 4.54. The molecule has 4 nitrogen and oxygen atoms in total. The summed E-state index contributed by atoms with van der Waals surface area (Å²) in [5.74, 6) is 0.531. The summed E-state index contributed by atoms with van der Waals surface area (Å²) in [6.45, 7) is 1.83. The van der Waals surface area contributed by atoms with Crippen molar-refractivity contribution < 1.29 is 5.11 Å². The van der Waals surface area contributed by atoms with Gasteiger partial charge >= 0.3 is 0 Å². The molecule has 1 aromatic heterocycles. The Balaban J connectivity index is 1.68. The van der Waals surface area contributed by atoms with E-state index in [1.165, 1.54) is 12.8 Å². The van der Waals surface area contributed by atoms with Crippen molar-refractivity contribution in [3.8, 4) is 0 Å². The smallest absolute Gasteiger partial charge is 0.123 e. The molecule has 0 bridgehead atoms. The minimum absolute atomic E-state index is 0.531. The van der Waals surface area contributed by atoms with Crippen LogP contribution in [-0.4, -0.2) is 39.7 Å². The highest BCUT2D eigenvalue weighted by atomic mass is 16.3. The van der Waals surface area contributed by atoms with E-state index in [2.05, 4.69) is 9.88 Å². The molecule has 2 aliphatic rings. The summed E-state index contributed by atoms with van der Waals surface area (Å²) >= 11 is 0. The summed E-state index contributed by atoms with van der Waals surface area (Å²) in [5.41, 5.74) is 6.17. The van der Waals surface area contributed by atoms with E-state index in [1.807, 2.05) is 12.1 Å². The van der Waals surface area contributed by atoms with E-state index in [9.17, 15) is 5.11 Å². The number of aliphatic hydroxyl groups is 1. The van der Waals surface area contributed by atoms with E-state index >= 15 is 0 Å². The Labute approximate surface area is 101 Å². The van der Waals surface area contributed by atoms with Gasteiger partial charge in [-0.1, -0.05) is 0 Å². The third-order valence-electron chi connectivity index (χ3n) is 3.80. The Hall–Kier alpha value is -1.13. The van der Waals surface area contributed by atoms with Crippen LogP contribution < -0.4 is 5.73 Å². The average molecular weight is 233 g/mol. The van der Waals surface area contributed by atoms with Gasteiger partial charge in [0.25, 0.3) is 0 Å². The molecule has 3 N–H and O–H groups in total. The molecule has 1 saturated carbocycles. The Bertz CT molecular complexity index is 419. The summed E-state index contributed by atoms with van der Waals surface area (Å²) < 4.78 is 0. The largest absolute Gasteiger partial charge is 0.388 e. The molecule has 0 spiro atoms. The molecule has 92 valence electrons. The minimum atomic E-state index is -0.573. The fourth-order valence-electron chi connectivity index (χ4n) is 2.77. The van der Waals surface area contributed by atoms with Gasteiger partial charge in [0.15, 0.2) is 0 Å². The van der Waals surface area contributed by atoms with Gasteiger partial charge < -0.3 is 10.8 Å². The zero-order valence-corrected chi connectivity index (χ0v) is 9.97. The van der Waals surface area contributed by atoms with Crippen molar-refractivity contribution in [3.05, 3.63) is 23.9 Å². The number of nitrogens with zero attached hydrogens (tertiary/aromatic N) is 2. The number of hydrogen-bond donors (Lipinski definition) is 2. The number of hydrogen-bond acceptors (Lipinski definition) is 4. The van der Waals surface area contributed by atoms with Crippen molar-refractivity contribution in [2.75, 3.05) is 18.8 Å². The third-order valence-corrected chi connectivity index (χ3v) is 3.80. The van der Waals surface area contributed by atoms with Crippen LogP contribution in [0.2, 0.25) is 0 Å². The molecular formula is C13H19N3O. The molecule has 1 aliphatic heterocycles. The number of β-amino-alcohol motifs (C(OH)–C–C–N with tert-alkyl or cyclic N) is 1. The first-order chi connectivity index (χ1) is 8.15. The fraction of sp³-hybridized carbons (Fsp3) is 0.615. The van der Waals surface area contributed by atoms with Crippen LogP contribution in [0.4, 0.5) is 5.82 Å². The van der Waals surface area contributed by atoms with Crippen molar-refractivity contribution in [3.63, 3.8) is 0 Å². The molecule has 4 heteroatoms. The predicted octanol–water partition coefficient (Wildman–Crippen LogP) is 0.805. The molecule has 0 aromatic carbocycles. The van der Waals surface area contributed by atoms with Gasteiger partial charge in [-0.25, -0.2) is 4.98 Å². The maximum atomic E-state index is 10.6. The second-order valence-electron chi connectivity index (χ2n) is 5.44. The summed E-state index contributed by atoms with van der Waals surface area (Å²) in [6.07, 6.45) is 5.87. The number of nitrogen functional groups attached to an aromatic ring is 1. The lowest BCUT2D eigenvalue weighted by molar-refractivity contribution is 0.0487. The Morgan fingerprint density at radius 1 is 1.53 bits per heavy atom. The lowest BCUT2D eigenvalue weighted by Crippen LogP contribution is -2.36. The highest BCUT2D eigenvalue weighted by Gasteiger charge is 2.41. The number of aromatic nitrogens is 1. The second kappa shape index (κ2) is 3.96. The van der Waals surface area contributed by atoms with Gasteiger partial charge in [0, 0.05) is 31.7 Å². The minimum Gasteiger partial charge on any atom is -0.388 e. The van der Waals surface area contributed by atoms with Crippen LogP contribution in [0, 0.1) is 0 Å². The molecule has 2 fully saturated rings. The van der Waals surface area contributed by atoms with Gasteiger partial charge in [-0.15, -0.1) is 0 Å². The van der Waals surface area contributed by atoms with Gasteiger partial charge in [0.05, 0.1) is 5.60 Å². The summed E-state index contributed by atoms with van der Waals surface area (Å²) in [4.78, 5) is 6.40. The lowest BCUT2D eigenvalue weighted by atomic mass is 9.94. The van der Waals surface area contributed by atoms with Crippen LogP contribution in [0.5, 0.6) is 0 Å². The first kappa shape index (κ1) is 11.0. The zero-order valence-electron chi connectivity index (χ0n) is 9.97. The van der Waals surface area contributed by atoms with E-state index in [0.29, 0.717) is 12.2 Å². The monoisotopic (exact) mass is 233 g/mol. The molecule has 2 heterocycles. The first-order valence-corrected chi connectivity index (χ1v) is 6.31. The van der Waals surface area contributed by atoms with Crippen LogP contribution in [-0.2, 0) is 6.42 Å². The summed E-state index contributed by atoms with van der Waals surface area (Å²) in [7, 11) is 0. The zero-order chi connectivity index (χ0) is 11.9. The SMILES string of the molecule is Nc1cc(CC2(O)CCN(C3CC3)C2)ccn1. The number of pyridine rings is 1. The van der Waals surface area contributed by atoms with E-state index in [0.717, 1.165) is 31.1 Å². The van der Waals surface area contributed by atoms with E-state index in [1.54, 1.807) is 6.20 Å². The number of likely N-dealkylation sites (tertiary alicyclic amines) is 1. The van der Waals surface area contributed by atoms with Crippen molar-refractivity contribution in [2.24, 2.45) is 0 Å². The average Bonchev–Trinajstić information content (AvgIpc) is 3.03. The predicted molar refractivity (Wildman–Crippen MR) is 66.5 cm³/mol. The second-order valence-corrected chi connectivity index (χ2v) is 5.44. The fourth-order valence-corrected chi connectivity index (χ4v) is 2.77. The molecule has 3 rings (SSSR count). The molecule has 1 atom stereocenters. The summed E-state index contributed by atoms with van der Waals surface area (Å²) in [5, 5.41) is 10.6. The maximum Gasteiger partial charge on any atom is 0.123 e. The van der Waals surface area contributed by atoms with E-state index < -0.39 is 5.60 Å². The van der Waals surface area contributed by atoms with Crippen molar-refractivity contribution in [1.82, 2.24) is 9.88 Å². The Morgan fingerprint density at radius 3 is 3.06 bits per heavy atom. The molecule has 1 saturated heterocycles. The third kappa shape index (κ3) is 2.42. The molecule has 0 radical (unpaired) electrons. The van der Waals surface area contributed by atoms with Gasteiger partial charge in [0.1, 0.15) is 5.82 Å². The number of rotatable bonds is 3. The van der Waals surface area contributed by atoms with Crippen molar-refractivity contribution >= 4 is 5.82 Å². The topological polar surface area (TPSA) is 62.4 Å². The lowest BCUT2D eigenvalue weighted by Gasteiger charge is -2.23. The van der Waals surface area contributed by atoms with Crippen LogP contribution in [0.15, 0.2) is 18.3 Å². The highest BCUT2D eigenvalue weighted by Crippen LogP contribution is 2.34. The highest BCUT2D eigenvalue weighted by molar-refractivity contribution is 5.32. The van der Waals surface area contributed by atoms with Gasteiger partial charge in [-0.05, 0) is 37.0 Å². The number of anilines is 1. The Morgan fingerprint density at radius 2 is 2.35 bits per heavy atom.